The van der Waals surface area contributed by atoms with Gasteiger partial charge in [0.2, 0.25) is 0 Å². The monoisotopic (exact) mass is 282 g/mol. The predicted molar refractivity (Wildman–Crippen MR) is 82.8 cm³/mol. The van der Waals surface area contributed by atoms with E-state index in [1.54, 1.807) is 7.11 Å². The van der Waals surface area contributed by atoms with Crippen LogP contribution in [-0.2, 0) is 6.54 Å². The molecule has 108 valence electrons. The average Bonchev–Trinajstić information content (AvgIpc) is 2.95. The van der Waals surface area contributed by atoms with Crippen LogP contribution < -0.4 is 9.47 Å². The third kappa shape index (κ3) is 2.99. The van der Waals surface area contributed by atoms with Gasteiger partial charge in [-0.15, -0.1) is 0 Å². The molecule has 0 radical (unpaired) electrons. The summed E-state index contributed by atoms with van der Waals surface area (Å²) in [6.45, 7) is 1.47. The van der Waals surface area contributed by atoms with E-state index < -0.39 is 0 Å². The number of aromatic nitrogens is 2. The largest absolute Gasteiger partial charge is 0.493 e. The van der Waals surface area contributed by atoms with Gasteiger partial charge in [-0.2, -0.15) is 5.10 Å². The van der Waals surface area contributed by atoms with Crippen LogP contribution in [0.5, 0.6) is 11.5 Å². The van der Waals surface area contributed by atoms with Gasteiger partial charge in [-0.1, -0.05) is 30.3 Å². The Morgan fingerprint density at radius 2 is 1.76 bits per heavy atom. The molecule has 0 N–H and O–H groups in total. The van der Waals surface area contributed by atoms with Gasteiger partial charge >= 0.3 is 0 Å². The number of para-hydroxylation sites is 3. The zero-order valence-electron chi connectivity index (χ0n) is 12.0. The minimum Gasteiger partial charge on any atom is -0.493 e. The molecule has 0 atom stereocenters. The molecule has 4 nitrogen and oxygen atoms in total. The first-order valence-corrected chi connectivity index (χ1v) is 7.05. The molecule has 0 amide bonds. The van der Waals surface area contributed by atoms with Crippen molar-refractivity contribution in [1.82, 2.24) is 9.78 Å². The molecule has 0 unspecified atom stereocenters. The summed E-state index contributed by atoms with van der Waals surface area (Å²) in [5, 5.41) is 5.58. The summed E-state index contributed by atoms with van der Waals surface area (Å²) >= 11 is 0. The Kier molecular flexibility index (Phi) is 4.05. The van der Waals surface area contributed by atoms with Crippen LogP contribution in [0.4, 0.5) is 0 Å². The van der Waals surface area contributed by atoms with Crippen molar-refractivity contribution in [3.8, 4) is 11.5 Å². The van der Waals surface area contributed by atoms with E-state index in [9.17, 15) is 0 Å². The fourth-order valence-corrected chi connectivity index (χ4v) is 2.34. The van der Waals surface area contributed by atoms with Crippen LogP contribution in [0.25, 0.3) is 10.9 Å². The van der Waals surface area contributed by atoms with Crippen molar-refractivity contribution in [2.45, 2.75) is 13.0 Å². The smallest absolute Gasteiger partial charge is 0.161 e. The fraction of sp³-hybridized carbons (Fsp3) is 0.235. The third-order valence-electron chi connectivity index (χ3n) is 3.39. The van der Waals surface area contributed by atoms with Gasteiger partial charge in [0, 0.05) is 18.4 Å². The molecule has 0 bridgehead atoms. The number of hydrogen-bond donors (Lipinski definition) is 0. The number of ether oxygens (including phenoxy) is 2. The number of nitrogens with zero attached hydrogens (tertiary/aromatic N) is 2. The fourth-order valence-electron chi connectivity index (χ4n) is 2.34. The van der Waals surface area contributed by atoms with E-state index in [4.69, 9.17) is 9.47 Å². The van der Waals surface area contributed by atoms with E-state index in [1.807, 2.05) is 47.3 Å². The highest BCUT2D eigenvalue weighted by molar-refractivity contribution is 5.78. The molecular weight excluding hydrogens is 264 g/mol. The molecule has 0 spiro atoms. The van der Waals surface area contributed by atoms with E-state index in [-0.39, 0.29) is 0 Å². The Morgan fingerprint density at radius 1 is 1.00 bits per heavy atom. The van der Waals surface area contributed by atoms with Gasteiger partial charge in [-0.3, -0.25) is 4.68 Å². The summed E-state index contributed by atoms with van der Waals surface area (Å²) in [6, 6.07) is 15.9. The summed E-state index contributed by atoms with van der Waals surface area (Å²) in [4.78, 5) is 0. The Balaban J connectivity index is 1.57. The van der Waals surface area contributed by atoms with Crippen LogP contribution in [0.1, 0.15) is 6.42 Å². The maximum absolute atomic E-state index is 5.77. The standard InChI is InChI=1S/C17H18N2O2/c1-20-16-9-4-5-10-17(16)21-12-6-11-19-15-8-3-2-7-14(15)13-18-19/h2-5,7-10,13H,6,11-12H2,1H3. The summed E-state index contributed by atoms with van der Waals surface area (Å²) in [5.41, 5.74) is 1.16. The van der Waals surface area contributed by atoms with Crippen LogP contribution in [0.15, 0.2) is 54.7 Å². The lowest BCUT2D eigenvalue weighted by Gasteiger charge is -2.10. The SMILES string of the molecule is COc1ccccc1OCCCn1ncc2ccccc21. The highest BCUT2D eigenvalue weighted by atomic mass is 16.5. The summed E-state index contributed by atoms with van der Waals surface area (Å²) in [6.07, 6.45) is 2.79. The predicted octanol–water partition coefficient (Wildman–Crippen LogP) is 3.51. The van der Waals surface area contributed by atoms with Crippen LogP contribution in [-0.4, -0.2) is 23.5 Å². The molecule has 0 fully saturated rings. The van der Waals surface area contributed by atoms with Gasteiger partial charge in [-0.25, -0.2) is 0 Å². The Labute approximate surface area is 123 Å². The summed E-state index contributed by atoms with van der Waals surface area (Å²) < 4.78 is 13.1. The van der Waals surface area contributed by atoms with Crippen molar-refractivity contribution in [2.24, 2.45) is 0 Å². The maximum Gasteiger partial charge on any atom is 0.161 e. The topological polar surface area (TPSA) is 36.3 Å². The number of benzene rings is 2. The molecule has 1 heterocycles. The zero-order chi connectivity index (χ0) is 14.5. The third-order valence-corrected chi connectivity index (χ3v) is 3.39. The lowest BCUT2D eigenvalue weighted by Crippen LogP contribution is -2.06. The van der Waals surface area contributed by atoms with Crippen molar-refractivity contribution in [2.75, 3.05) is 13.7 Å². The van der Waals surface area contributed by atoms with Crippen molar-refractivity contribution in [3.05, 3.63) is 54.7 Å². The van der Waals surface area contributed by atoms with Crippen molar-refractivity contribution in [1.29, 1.82) is 0 Å². The minimum atomic E-state index is 0.633. The van der Waals surface area contributed by atoms with Gasteiger partial charge in [0.15, 0.2) is 11.5 Å². The molecular formula is C17H18N2O2. The molecule has 0 saturated heterocycles. The first-order valence-electron chi connectivity index (χ1n) is 7.05. The average molecular weight is 282 g/mol. The maximum atomic E-state index is 5.77. The van der Waals surface area contributed by atoms with Crippen molar-refractivity contribution < 1.29 is 9.47 Å². The molecule has 3 aromatic rings. The van der Waals surface area contributed by atoms with E-state index in [0.29, 0.717) is 6.61 Å². The second-order valence-electron chi connectivity index (χ2n) is 4.78. The van der Waals surface area contributed by atoms with Crippen LogP contribution in [0, 0.1) is 0 Å². The first kappa shape index (κ1) is 13.5. The Bertz CT molecular complexity index is 721. The van der Waals surface area contributed by atoms with E-state index >= 15 is 0 Å². The number of methoxy groups -OCH3 is 1. The molecule has 0 aliphatic carbocycles. The highest BCUT2D eigenvalue weighted by Crippen LogP contribution is 2.25. The second kappa shape index (κ2) is 6.31. The molecule has 0 saturated carbocycles. The molecule has 2 aromatic carbocycles. The molecule has 4 heteroatoms. The molecule has 1 aromatic heterocycles. The molecule has 21 heavy (non-hydrogen) atoms. The molecule has 0 aliphatic rings. The van der Waals surface area contributed by atoms with E-state index in [1.165, 1.54) is 5.39 Å². The van der Waals surface area contributed by atoms with Gasteiger partial charge in [-0.05, 0) is 18.2 Å². The van der Waals surface area contributed by atoms with Gasteiger partial charge < -0.3 is 9.47 Å². The Morgan fingerprint density at radius 3 is 2.62 bits per heavy atom. The van der Waals surface area contributed by atoms with Gasteiger partial charge in [0.05, 0.1) is 25.4 Å². The first-order chi connectivity index (χ1) is 10.4. The van der Waals surface area contributed by atoms with Crippen LogP contribution in [0.2, 0.25) is 0 Å². The minimum absolute atomic E-state index is 0.633. The zero-order valence-corrected chi connectivity index (χ0v) is 12.0. The van der Waals surface area contributed by atoms with Gasteiger partial charge in [0.25, 0.3) is 0 Å². The van der Waals surface area contributed by atoms with E-state index in [2.05, 4.69) is 17.2 Å². The quantitative estimate of drug-likeness (QED) is 0.649. The highest BCUT2D eigenvalue weighted by Gasteiger charge is 2.04. The van der Waals surface area contributed by atoms with Gasteiger partial charge in [0.1, 0.15) is 0 Å². The second-order valence-corrected chi connectivity index (χ2v) is 4.78. The van der Waals surface area contributed by atoms with E-state index in [0.717, 1.165) is 30.0 Å². The number of aryl methyl sites for hydroxylation is 1. The normalized spacial score (nSPS) is 10.7. The summed E-state index contributed by atoms with van der Waals surface area (Å²) in [7, 11) is 1.65. The summed E-state index contributed by atoms with van der Waals surface area (Å²) in [5.74, 6) is 1.55. The lowest BCUT2D eigenvalue weighted by molar-refractivity contribution is 0.281. The molecule has 0 aliphatic heterocycles. The van der Waals surface area contributed by atoms with Crippen LogP contribution in [0.3, 0.4) is 0 Å². The lowest BCUT2D eigenvalue weighted by atomic mass is 10.2. The van der Waals surface area contributed by atoms with Crippen LogP contribution >= 0.6 is 0 Å². The number of hydrogen-bond acceptors (Lipinski definition) is 3. The molecule has 3 rings (SSSR count). The van der Waals surface area contributed by atoms with Crippen molar-refractivity contribution in [3.63, 3.8) is 0 Å². The number of fused-ring (bicyclic) bond motifs is 1. The Hall–Kier alpha value is -2.49. The number of rotatable bonds is 6. The van der Waals surface area contributed by atoms with Crippen molar-refractivity contribution >= 4 is 10.9 Å².